The molecular weight excluding hydrogens is 228 g/mol. The van der Waals surface area contributed by atoms with Crippen molar-refractivity contribution in [2.45, 2.75) is 53.0 Å². The number of nitrogens with one attached hydrogen (secondary N) is 1. The van der Waals surface area contributed by atoms with Crippen LogP contribution >= 0.6 is 0 Å². The van der Waals surface area contributed by atoms with Crippen LogP contribution in [0.15, 0.2) is 6.07 Å². The Morgan fingerprint density at radius 2 is 2.11 bits per heavy atom. The first-order chi connectivity index (χ1) is 8.49. The third-order valence-electron chi connectivity index (χ3n) is 3.03. The first-order valence-corrected chi connectivity index (χ1v) is 6.47. The van der Waals surface area contributed by atoms with Crippen LogP contribution in [-0.4, -0.2) is 22.1 Å². The summed E-state index contributed by atoms with van der Waals surface area (Å²) >= 11 is 0. The van der Waals surface area contributed by atoms with Gasteiger partial charge in [-0.25, -0.2) is 9.78 Å². The Balaban J connectivity index is 3.09. The molecule has 0 spiro atoms. The zero-order valence-electron chi connectivity index (χ0n) is 11.6. The largest absolute Gasteiger partial charge is 0.478 e. The van der Waals surface area contributed by atoms with Gasteiger partial charge in [-0.3, -0.25) is 0 Å². The number of aromatic nitrogens is 1. The van der Waals surface area contributed by atoms with Gasteiger partial charge in [0.05, 0.1) is 0 Å². The van der Waals surface area contributed by atoms with Gasteiger partial charge < -0.3 is 10.4 Å². The maximum Gasteiger partial charge on any atom is 0.339 e. The molecule has 0 radical (unpaired) electrons. The number of hydrogen-bond acceptors (Lipinski definition) is 3. The second kappa shape index (κ2) is 6.38. The average Bonchev–Trinajstić information content (AvgIpc) is 2.26. The minimum absolute atomic E-state index is 0.279. The predicted molar refractivity (Wildman–Crippen MR) is 73.3 cm³/mol. The van der Waals surface area contributed by atoms with E-state index in [4.69, 9.17) is 0 Å². The molecule has 0 bridgehead atoms. The van der Waals surface area contributed by atoms with Crippen molar-refractivity contribution in [3.05, 3.63) is 22.9 Å². The second-order valence-electron chi connectivity index (χ2n) is 4.65. The smallest absolute Gasteiger partial charge is 0.339 e. The van der Waals surface area contributed by atoms with Crippen molar-refractivity contribution in [1.82, 2.24) is 4.98 Å². The van der Waals surface area contributed by atoms with Crippen LogP contribution in [0.5, 0.6) is 0 Å². The van der Waals surface area contributed by atoms with E-state index in [1.807, 2.05) is 13.8 Å². The molecule has 1 unspecified atom stereocenters. The molecule has 0 aliphatic carbocycles. The number of hydrogen-bond donors (Lipinski definition) is 2. The number of aromatic carboxylic acids is 1. The molecule has 0 fully saturated rings. The summed E-state index contributed by atoms with van der Waals surface area (Å²) in [6.07, 6.45) is 3.05. The van der Waals surface area contributed by atoms with Gasteiger partial charge in [-0.05, 0) is 38.3 Å². The molecule has 18 heavy (non-hydrogen) atoms. The molecule has 0 aromatic carbocycles. The van der Waals surface area contributed by atoms with Crippen LogP contribution in [-0.2, 0) is 0 Å². The Labute approximate surface area is 108 Å². The number of pyridine rings is 1. The fourth-order valence-corrected chi connectivity index (χ4v) is 2.13. The number of anilines is 1. The third-order valence-corrected chi connectivity index (χ3v) is 3.03. The molecular formula is C14H22N2O2. The second-order valence-corrected chi connectivity index (χ2v) is 4.65. The van der Waals surface area contributed by atoms with Gasteiger partial charge >= 0.3 is 5.97 Å². The first kappa shape index (κ1) is 14.5. The van der Waals surface area contributed by atoms with Crippen molar-refractivity contribution < 1.29 is 9.90 Å². The number of nitrogens with zero attached hydrogens (tertiary/aromatic N) is 1. The zero-order chi connectivity index (χ0) is 13.7. The number of carboxylic acid groups (broad SMARTS) is 1. The summed E-state index contributed by atoms with van der Waals surface area (Å²) in [5.74, 6) is -0.422. The molecule has 0 aliphatic rings. The number of aryl methyl sites for hydroxylation is 2. The topological polar surface area (TPSA) is 62.2 Å². The quantitative estimate of drug-likeness (QED) is 0.812. The molecule has 100 valence electrons. The fraction of sp³-hybridized carbons (Fsp3) is 0.571. The van der Waals surface area contributed by atoms with Crippen LogP contribution in [0.2, 0.25) is 0 Å². The molecule has 0 saturated carbocycles. The number of carboxylic acids is 1. The van der Waals surface area contributed by atoms with Crippen LogP contribution in [0, 0.1) is 13.8 Å². The molecule has 1 atom stereocenters. The standard InChI is InChI=1S/C14H22N2O2/c1-5-7-11(6-2)16-13-12(14(17)18)9(3)8-10(4)15-13/h8,11H,5-7H2,1-4H3,(H,15,16)(H,17,18). The van der Waals surface area contributed by atoms with Gasteiger partial charge in [-0.2, -0.15) is 0 Å². The molecule has 1 aromatic heterocycles. The van der Waals surface area contributed by atoms with Crippen LogP contribution in [0.4, 0.5) is 5.82 Å². The maximum absolute atomic E-state index is 11.3. The number of rotatable bonds is 6. The van der Waals surface area contributed by atoms with Gasteiger partial charge in [-0.1, -0.05) is 20.3 Å². The van der Waals surface area contributed by atoms with E-state index in [-0.39, 0.29) is 11.6 Å². The summed E-state index contributed by atoms with van der Waals surface area (Å²) in [7, 11) is 0. The van der Waals surface area contributed by atoms with Crippen molar-refractivity contribution in [2.75, 3.05) is 5.32 Å². The van der Waals surface area contributed by atoms with Crippen LogP contribution in [0.25, 0.3) is 0 Å². The first-order valence-electron chi connectivity index (χ1n) is 6.47. The average molecular weight is 250 g/mol. The SMILES string of the molecule is CCCC(CC)Nc1nc(C)cc(C)c1C(=O)O. The lowest BCUT2D eigenvalue weighted by atomic mass is 10.1. The van der Waals surface area contributed by atoms with Crippen LogP contribution in [0.1, 0.15) is 54.7 Å². The van der Waals surface area contributed by atoms with Crippen molar-refractivity contribution in [3.63, 3.8) is 0 Å². The molecule has 0 saturated heterocycles. The van der Waals surface area contributed by atoms with Gasteiger partial charge in [0.15, 0.2) is 0 Å². The van der Waals surface area contributed by atoms with Crippen LogP contribution in [0.3, 0.4) is 0 Å². The Bertz CT molecular complexity index is 430. The third kappa shape index (κ3) is 3.45. The Hall–Kier alpha value is -1.58. The molecule has 1 heterocycles. The summed E-state index contributed by atoms with van der Waals surface area (Å²) in [5.41, 5.74) is 1.88. The van der Waals surface area contributed by atoms with Crippen molar-refractivity contribution in [3.8, 4) is 0 Å². The highest BCUT2D eigenvalue weighted by atomic mass is 16.4. The molecule has 4 nitrogen and oxygen atoms in total. The van der Waals surface area contributed by atoms with E-state index in [9.17, 15) is 9.90 Å². The zero-order valence-corrected chi connectivity index (χ0v) is 11.6. The normalized spacial score (nSPS) is 12.2. The summed E-state index contributed by atoms with van der Waals surface area (Å²) in [6.45, 7) is 7.91. The lowest BCUT2D eigenvalue weighted by Crippen LogP contribution is -2.21. The van der Waals surface area contributed by atoms with E-state index in [1.165, 1.54) is 0 Å². The summed E-state index contributed by atoms with van der Waals surface area (Å²) in [4.78, 5) is 15.6. The predicted octanol–water partition coefficient (Wildman–Crippen LogP) is 3.39. The van der Waals surface area contributed by atoms with Gasteiger partial charge in [-0.15, -0.1) is 0 Å². The van der Waals surface area contributed by atoms with E-state index in [1.54, 1.807) is 6.07 Å². The maximum atomic E-state index is 11.3. The Morgan fingerprint density at radius 3 is 2.61 bits per heavy atom. The Kier molecular flexibility index (Phi) is 5.13. The molecule has 0 aliphatic heterocycles. The molecule has 4 heteroatoms. The van der Waals surface area contributed by atoms with Crippen molar-refractivity contribution in [2.24, 2.45) is 0 Å². The van der Waals surface area contributed by atoms with E-state index in [0.29, 0.717) is 5.82 Å². The molecule has 2 N–H and O–H groups in total. The highest BCUT2D eigenvalue weighted by molar-refractivity contribution is 5.94. The summed E-state index contributed by atoms with van der Waals surface area (Å²) in [5, 5.41) is 12.5. The van der Waals surface area contributed by atoms with Gasteiger partial charge in [0.2, 0.25) is 0 Å². The fourth-order valence-electron chi connectivity index (χ4n) is 2.13. The Morgan fingerprint density at radius 1 is 1.44 bits per heavy atom. The lowest BCUT2D eigenvalue weighted by Gasteiger charge is -2.19. The molecule has 0 amide bonds. The van der Waals surface area contributed by atoms with Gasteiger partial charge in [0.1, 0.15) is 11.4 Å². The minimum atomic E-state index is -0.922. The van der Waals surface area contributed by atoms with E-state index < -0.39 is 5.97 Å². The van der Waals surface area contributed by atoms with Crippen molar-refractivity contribution >= 4 is 11.8 Å². The summed E-state index contributed by atoms with van der Waals surface area (Å²) < 4.78 is 0. The van der Waals surface area contributed by atoms with E-state index >= 15 is 0 Å². The monoisotopic (exact) mass is 250 g/mol. The molecule has 1 aromatic rings. The van der Waals surface area contributed by atoms with E-state index in [2.05, 4.69) is 24.1 Å². The summed E-state index contributed by atoms with van der Waals surface area (Å²) in [6, 6.07) is 2.08. The lowest BCUT2D eigenvalue weighted by molar-refractivity contribution is 0.0696. The molecule has 1 rings (SSSR count). The van der Waals surface area contributed by atoms with Gasteiger partial charge in [0, 0.05) is 11.7 Å². The minimum Gasteiger partial charge on any atom is -0.478 e. The van der Waals surface area contributed by atoms with E-state index in [0.717, 1.165) is 30.5 Å². The highest BCUT2D eigenvalue weighted by Gasteiger charge is 2.17. The van der Waals surface area contributed by atoms with Crippen molar-refractivity contribution in [1.29, 1.82) is 0 Å². The van der Waals surface area contributed by atoms with Gasteiger partial charge in [0.25, 0.3) is 0 Å². The van der Waals surface area contributed by atoms with Crippen LogP contribution < -0.4 is 5.32 Å². The number of carbonyl (C=O) groups is 1. The highest BCUT2D eigenvalue weighted by Crippen LogP contribution is 2.21.